The number of ether oxygens (including phenoxy) is 2. The van der Waals surface area contributed by atoms with Crippen LogP contribution in [0.5, 0.6) is 11.5 Å². The molecule has 0 bridgehead atoms. The number of ketones is 1. The maximum Gasteiger partial charge on any atom is 0.224 e. The summed E-state index contributed by atoms with van der Waals surface area (Å²) in [6.45, 7) is 4.23. The van der Waals surface area contributed by atoms with Crippen LogP contribution in [0.3, 0.4) is 0 Å². The Bertz CT molecular complexity index is 1680. The van der Waals surface area contributed by atoms with Crippen LogP contribution >= 0.6 is 11.6 Å². The van der Waals surface area contributed by atoms with Crippen molar-refractivity contribution in [3.63, 3.8) is 0 Å². The van der Waals surface area contributed by atoms with E-state index in [0.29, 0.717) is 48.2 Å². The second-order valence-electron chi connectivity index (χ2n) is 10.8. The fraction of sp³-hybridized carbons (Fsp3) is 0.222. The van der Waals surface area contributed by atoms with E-state index in [9.17, 15) is 9.59 Å². The molecule has 1 aliphatic carbocycles. The zero-order chi connectivity index (χ0) is 29.9. The Morgan fingerprint density at radius 2 is 1.63 bits per heavy atom. The molecule has 0 saturated carbocycles. The number of anilines is 2. The lowest BCUT2D eigenvalue weighted by molar-refractivity contribution is -0.117. The third-order valence-corrected chi connectivity index (χ3v) is 8.24. The number of carbonyl (C=O) groups is 2. The van der Waals surface area contributed by atoms with Crippen molar-refractivity contribution in [3.05, 3.63) is 130 Å². The number of hydrogen-bond acceptors (Lipinski definition) is 5. The molecule has 2 aliphatic rings. The molecule has 0 spiro atoms. The van der Waals surface area contributed by atoms with E-state index in [0.717, 1.165) is 33.8 Å². The number of carbonyl (C=O) groups excluding carboxylic acids is 2. The summed E-state index contributed by atoms with van der Waals surface area (Å²) in [6.07, 6.45) is 1.02. The second-order valence-corrected chi connectivity index (χ2v) is 11.3. The van der Waals surface area contributed by atoms with E-state index in [4.69, 9.17) is 21.1 Å². The summed E-state index contributed by atoms with van der Waals surface area (Å²) in [5.74, 6) is 1.03. The SMILES string of the molecule is CCOc1cc([C@H]2C3=C(C[C@@H](c4ccccc4)CC3=O)Nc3ccccc3N2C(C)=O)ccc1OCc1ccc(Cl)cc1. The number of fused-ring (bicyclic) bond motifs is 1. The van der Waals surface area contributed by atoms with E-state index in [1.54, 1.807) is 11.8 Å². The van der Waals surface area contributed by atoms with Crippen molar-refractivity contribution in [2.75, 3.05) is 16.8 Å². The molecular formula is C36H33ClN2O4. The van der Waals surface area contributed by atoms with Crippen LogP contribution in [0.15, 0.2) is 108 Å². The second kappa shape index (κ2) is 12.4. The van der Waals surface area contributed by atoms with Crippen LogP contribution in [0.2, 0.25) is 5.02 Å². The number of benzene rings is 4. The predicted molar refractivity (Wildman–Crippen MR) is 170 cm³/mol. The van der Waals surface area contributed by atoms with Crippen LogP contribution in [0.4, 0.5) is 11.4 Å². The minimum absolute atomic E-state index is 0.0210. The molecule has 0 saturated heterocycles. The molecule has 2 atom stereocenters. The van der Waals surface area contributed by atoms with Gasteiger partial charge in [0.1, 0.15) is 6.61 Å². The molecule has 6 nitrogen and oxygen atoms in total. The molecule has 0 fully saturated rings. The Labute approximate surface area is 256 Å². The minimum Gasteiger partial charge on any atom is -0.490 e. The van der Waals surface area contributed by atoms with Crippen LogP contribution < -0.4 is 19.7 Å². The van der Waals surface area contributed by atoms with E-state index in [2.05, 4.69) is 17.4 Å². The highest BCUT2D eigenvalue weighted by molar-refractivity contribution is 6.30. The summed E-state index contributed by atoms with van der Waals surface area (Å²) in [5.41, 5.74) is 5.84. The summed E-state index contributed by atoms with van der Waals surface area (Å²) >= 11 is 6.04. The van der Waals surface area contributed by atoms with Crippen molar-refractivity contribution in [2.45, 2.75) is 45.3 Å². The Morgan fingerprint density at radius 3 is 2.37 bits per heavy atom. The van der Waals surface area contributed by atoms with E-state index in [-0.39, 0.29) is 17.6 Å². The van der Waals surface area contributed by atoms with Gasteiger partial charge in [0.25, 0.3) is 0 Å². The Morgan fingerprint density at radius 1 is 0.884 bits per heavy atom. The van der Waals surface area contributed by atoms with Gasteiger partial charge in [-0.3, -0.25) is 14.5 Å². The standard InChI is InChI=1S/C36H33ClN2O4/c1-3-42-34-21-26(15-18-33(34)43-22-24-13-16-28(37)17-14-24)36-35-30(19-27(20-32(35)41)25-9-5-4-6-10-25)38-29-11-7-8-12-31(29)39(36)23(2)40/h4-18,21,27,36,38H,3,19-20,22H2,1-2H3/t27-,36+/m1/s1. The maximum atomic E-state index is 14.1. The van der Waals surface area contributed by atoms with Crippen molar-refractivity contribution >= 4 is 34.7 Å². The molecule has 6 rings (SSSR count). The predicted octanol–water partition coefficient (Wildman–Crippen LogP) is 8.24. The molecule has 0 aromatic heterocycles. The van der Waals surface area contributed by atoms with Gasteiger partial charge in [-0.15, -0.1) is 0 Å². The van der Waals surface area contributed by atoms with Gasteiger partial charge in [-0.05, 0) is 72.4 Å². The summed E-state index contributed by atoms with van der Waals surface area (Å²) in [7, 11) is 0. The smallest absolute Gasteiger partial charge is 0.224 e. The highest BCUT2D eigenvalue weighted by Gasteiger charge is 2.41. The molecule has 1 aliphatic heterocycles. The van der Waals surface area contributed by atoms with Crippen LogP contribution in [-0.2, 0) is 16.2 Å². The first kappa shape index (κ1) is 28.6. The highest BCUT2D eigenvalue weighted by Crippen LogP contribution is 2.48. The van der Waals surface area contributed by atoms with Gasteiger partial charge >= 0.3 is 0 Å². The fourth-order valence-electron chi connectivity index (χ4n) is 6.04. The first-order valence-corrected chi connectivity index (χ1v) is 14.9. The van der Waals surface area contributed by atoms with Gasteiger partial charge in [-0.25, -0.2) is 0 Å². The number of para-hydroxylation sites is 2. The number of Topliss-reactive ketones (excluding diaryl/α,β-unsaturated/α-hetero) is 1. The average Bonchev–Trinajstić information content (AvgIpc) is 3.16. The van der Waals surface area contributed by atoms with E-state index >= 15 is 0 Å². The quantitative estimate of drug-likeness (QED) is 0.234. The van der Waals surface area contributed by atoms with Crippen LogP contribution in [0, 0.1) is 0 Å². The molecule has 1 N–H and O–H groups in total. The third kappa shape index (κ3) is 5.88. The number of hydrogen-bond donors (Lipinski definition) is 1. The molecular weight excluding hydrogens is 560 g/mol. The summed E-state index contributed by atoms with van der Waals surface area (Å²) in [6, 6.07) is 30.4. The van der Waals surface area contributed by atoms with E-state index in [1.165, 1.54) is 0 Å². The van der Waals surface area contributed by atoms with Gasteiger partial charge in [0, 0.05) is 29.6 Å². The topological polar surface area (TPSA) is 67.9 Å². The Hall–Kier alpha value is -4.55. The molecule has 7 heteroatoms. The van der Waals surface area contributed by atoms with E-state index < -0.39 is 6.04 Å². The average molecular weight is 593 g/mol. The van der Waals surface area contributed by atoms with Crippen LogP contribution in [0.25, 0.3) is 0 Å². The van der Waals surface area contributed by atoms with Crippen molar-refractivity contribution in [1.82, 2.24) is 0 Å². The van der Waals surface area contributed by atoms with Crippen molar-refractivity contribution < 1.29 is 19.1 Å². The van der Waals surface area contributed by atoms with Crippen LogP contribution in [-0.4, -0.2) is 18.3 Å². The number of amides is 1. The number of nitrogens with one attached hydrogen (secondary N) is 1. The van der Waals surface area contributed by atoms with Gasteiger partial charge in [0.05, 0.1) is 24.0 Å². The molecule has 1 heterocycles. The monoisotopic (exact) mass is 592 g/mol. The lowest BCUT2D eigenvalue weighted by Crippen LogP contribution is -2.37. The van der Waals surface area contributed by atoms with Crippen molar-refractivity contribution in [3.8, 4) is 11.5 Å². The molecule has 4 aromatic carbocycles. The van der Waals surface area contributed by atoms with Gasteiger partial charge in [0.2, 0.25) is 5.91 Å². The summed E-state index contributed by atoms with van der Waals surface area (Å²) in [5, 5.41) is 4.23. The number of allylic oxidation sites excluding steroid dienone is 1. The van der Waals surface area contributed by atoms with Gasteiger partial charge in [-0.1, -0.05) is 72.3 Å². The fourth-order valence-corrected chi connectivity index (χ4v) is 6.16. The first-order chi connectivity index (χ1) is 20.9. The normalized spacial score (nSPS) is 17.8. The van der Waals surface area contributed by atoms with Gasteiger partial charge < -0.3 is 14.8 Å². The zero-order valence-electron chi connectivity index (χ0n) is 24.2. The summed E-state index contributed by atoms with van der Waals surface area (Å²) < 4.78 is 12.2. The largest absolute Gasteiger partial charge is 0.490 e. The Balaban J connectivity index is 1.44. The summed E-state index contributed by atoms with van der Waals surface area (Å²) in [4.78, 5) is 29.3. The van der Waals surface area contributed by atoms with Crippen molar-refractivity contribution in [1.29, 1.82) is 0 Å². The van der Waals surface area contributed by atoms with Crippen LogP contribution in [0.1, 0.15) is 55.3 Å². The van der Waals surface area contributed by atoms with Gasteiger partial charge in [0.15, 0.2) is 17.3 Å². The lowest BCUT2D eigenvalue weighted by Gasteiger charge is -2.34. The third-order valence-electron chi connectivity index (χ3n) is 7.99. The number of rotatable bonds is 7. The molecule has 0 unspecified atom stereocenters. The van der Waals surface area contributed by atoms with Crippen molar-refractivity contribution in [2.24, 2.45) is 0 Å². The Kier molecular flexibility index (Phi) is 8.21. The molecule has 218 valence electrons. The minimum atomic E-state index is -0.641. The molecule has 4 aromatic rings. The highest BCUT2D eigenvalue weighted by atomic mass is 35.5. The van der Waals surface area contributed by atoms with E-state index in [1.807, 2.05) is 91.9 Å². The first-order valence-electron chi connectivity index (χ1n) is 14.5. The number of nitrogens with zero attached hydrogens (tertiary/aromatic N) is 1. The molecule has 1 amide bonds. The van der Waals surface area contributed by atoms with Gasteiger partial charge in [-0.2, -0.15) is 0 Å². The molecule has 43 heavy (non-hydrogen) atoms. The maximum absolute atomic E-state index is 14.1. The zero-order valence-corrected chi connectivity index (χ0v) is 24.9. The lowest BCUT2D eigenvalue weighted by atomic mass is 9.78. The number of halogens is 1. The molecule has 0 radical (unpaired) electrons.